The molecule has 1 atom stereocenters. The first-order chi connectivity index (χ1) is 10.5. The minimum atomic E-state index is -0.0329. The maximum atomic E-state index is 12.9. The van der Waals surface area contributed by atoms with E-state index < -0.39 is 0 Å². The highest BCUT2D eigenvalue weighted by molar-refractivity contribution is 6.31. The van der Waals surface area contributed by atoms with Crippen LogP contribution in [-0.4, -0.2) is 35.4 Å². The van der Waals surface area contributed by atoms with Gasteiger partial charge < -0.3 is 10.6 Å². The molecule has 0 radical (unpaired) electrons. The molecule has 2 aromatic rings. The van der Waals surface area contributed by atoms with E-state index in [1.54, 1.807) is 11.9 Å². The predicted octanol–water partition coefficient (Wildman–Crippen LogP) is 4.03. The molecule has 1 aromatic carbocycles. The SMILES string of the molecule is CC(CN)N(C)C(=O)c1cc(C2CC2)nc2ccc(Cl)cc12.Cl.Cl. The number of carbonyl (C=O) groups excluding carboxylic acids is 1. The second kappa shape index (κ2) is 8.34. The Labute approximate surface area is 159 Å². The summed E-state index contributed by atoms with van der Waals surface area (Å²) in [6, 6.07) is 7.42. The molecule has 1 unspecified atom stereocenters. The Balaban J connectivity index is 0.00000144. The van der Waals surface area contributed by atoms with Crippen molar-refractivity contribution in [1.82, 2.24) is 9.88 Å². The average molecular weight is 391 g/mol. The van der Waals surface area contributed by atoms with Gasteiger partial charge in [-0.3, -0.25) is 9.78 Å². The quantitative estimate of drug-likeness (QED) is 0.857. The smallest absolute Gasteiger partial charge is 0.254 e. The van der Waals surface area contributed by atoms with E-state index in [1.165, 1.54) is 0 Å². The lowest BCUT2D eigenvalue weighted by Gasteiger charge is -2.24. The van der Waals surface area contributed by atoms with Crippen LogP contribution in [0.4, 0.5) is 0 Å². The van der Waals surface area contributed by atoms with Gasteiger partial charge in [0.05, 0.1) is 11.1 Å². The number of pyridine rings is 1. The van der Waals surface area contributed by atoms with Crippen LogP contribution in [0, 0.1) is 0 Å². The van der Waals surface area contributed by atoms with Gasteiger partial charge >= 0.3 is 0 Å². The van der Waals surface area contributed by atoms with Gasteiger partial charge in [0.2, 0.25) is 0 Å². The van der Waals surface area contributed by atoms with Crippen LogP contribution in [-0.2, 0) is 0 Å². The highest BCUT2D eigenvalue weighted by Crippen LogP contribution is 2.40. The molecule has 1 amide bonds. The molecule has 24 heavy (non-hydrogen) atoms. The van der Waals surface area contributed by atoms with Gasteiger partial charge in [0.15, 0.2) is 0 Å². The lowest BCUT2D eigenvalue weighted by atomic mass is 10.0. The molecule has 1 saturated carbocycles. The average Bonchev–Trinajstić information content (AvgIpc) is 3.36. The Morgan fingerprint density at radius 3 is 2.62 bits per heavy atom. The van der Waals surface area contributed by atoms with Crippen LogP contribution < -0.4 is 5.73 Å². The Kier molecular flexibility index (Phi) is 7.29. The number of amides is 1. The fourth-order valence-electron chi connectivity index (χ4n) is 2.53. The first-order valence-corrected chi connectivity index (χ1v) is 7.96. The number of likely N-dealkylation sites (N-methyl/N-ethyl adjacent to an activating group) is 1. The number of carbonyl (C=O) groups is 1. The van der Waals surface area contributed by atoms with E-state index in [4.69, 9.17) is 22.3 Å². The number of nitrogens with zero attached hydrogens (tertiary/aromatic N) is 2. The molecule has 4 nitrogen and oxygen atoms in total. The maximum absolute atomic E-state index is 12.9. The van der Waals surface area contributed by atoms with Gasteiger partial charge in [-0.25, -0.2) is 0 Å². The minimum absolute atomic E-state index is 0. The maximum Gasteiger partial charge on any atom is 0.254 e. The molecule has 1 aliphatic carbocycles. The van der Waals surface area contributed by atoms with Gasteiger partial charge in [-0.05, 0) is 44.0 Å². The molecule has 0 spiro atoms. The van der Waals surface area contributed by atoms with Gasteiger partial charge in [-0.2, -0.15) is 0 Å². The second-order valence-electron chi connectivity index (χ2n) is 6.03. The molecule has 2 N–H and O–H groups in total. The van der Waals surface area contributed by atoms with Crippen LogP contribution in [0.1, 0.15) is 41.7 Å². The van der Waals surface area contributed by atoms with Crippen molar-refractivity contribution in [3.05, 3.63) is 40.5 Å². The summed E-state index contributed by atoms with van der Waals surface area (Å²) in [6.07, 6.45) is 2.30. The number of hydrogen-bond acceptors (Lipinski definition) is 3. The summed E-state index contributed by atoms with van der Waals surface area (Å²) >= 11 is 6.11. The largest absolute Gasteiger partial charge is 0.338 e. The van der Waals surface area contributed by atoms with Gasteiger partial charge in [-0.1, -0.05) is 11.6 Å². The number of aromatic nitrogens is 1. The van der Waals surface area contributed by atoms with Crippen molar-refractivity contribution in [2.75, 3.05) is 13.6 Å². The summed E-state index contributed by atoms with van der Waals surface area (Å²) in [6.45, 7) is 2.37. The molecule has 0 bridgehead atoms. The number of hydrogen-bond donors (Lipinski definition) is 1. The molecule has 1 aliphatic rings. The number of halogens is 3. The normalized spacial score (nSPS) is 14.5. The van der Waals surface area contributed by atoms with Gasteiger partial charge in [0, 0.05) is 41.7 Å². The second-order valence-corrected chi connectivity index (χ2v) is 6.47. The van der Waals surface area contributed by atoms with E-state index in [1.807, 2.05) is 31.2 Å². The van der Waals surface area contributed by atoms with Crippen LogP contribution in [0.2, 0.25) is 5.02 Å². The third-order valence-corrected chi connectivity index (χ3v) is 4.57. The van der Waals surface area contributed by atoms with Crippen molar-refractivity contribution in [3.8, 4) is 0 Å². The molecule has 1 aromatic heterocycles. The third kappa shape index (κ3) is 4.12. The first-order valence-electron chi connectivity index (χ1n) is 7.58. The summed E-state index contributed by atoms with van der Waals surface area (Å²) in [5, 5.41) is 1.41. The number of fused-ring (bicyclic) bond motifs is 1. The zero-order chi connectivity index (χ0) is 15.9. The molecule has 0 saturated heterocycles. The van der Waals surface area contributed by atoms with Crippen molar-refractivity contribution in [1.29, 1.82) is 0 Å². The van der Waals surface area contributed by atoms with E-state index in [-0.39, 0.29) is 36.8 Å². The number of nitrogens with two attached hydrogens (primary N) is 1. The van der Waals surface area contributed by atoms with Crippen LogP contribution in [0.5, 0.6) is 0 Å². The summed E-state index contributed by atoms with van der Waals surface area (Å²) in [7, 11) is 1.79. The first kappa shape index (κ1) is 21.0. The lowest BCUT2D eigenvalue weighted by Crippen LogP contribution is -2.39. The fourth-order valence-corrected chi connectivity index (χ4v) is 2.70. The molecule has 0 aliphatic heterocycles. The molecule has 1 heterocycles. The van der Waals surface area contributed by atoms with Crippen LogP contribution in [0.25, 0.3) is 10.9 Å². The number of benzene rings is 1. The van der Waals surface area contributed by atoms with E-state index in [0.717, 1.165) is 29.4 Å². The van der Waals surface area contributed by atoms with Gasteiger partial charge in [0.25, 0.3) is 5.91 Å². The van der Waals surface area contributed by atoms with E-state index in [9.17, 15) is 4.79 Å². The van der Waals surface area contributed by atoms with Crippen LogP contribution in [0.3, 0.4) is 0 Å². The monoisotopic (exact) mass is 389 g/mol. The summed E-state index contributed by atoms with van der Waals surface area (Å²) < 4.78 is 0. The Morgan fingerprint density at radius 2 is 2.04 bits per heavy atom. The van der Waals surface area contributed by atoms with Gasteiger partial charge in [0.1, 0.15) is 0 Å². The topological polar surface area (TPSA) is 59.2 Å². The Hall–Kier alpha value is -1.07. The molecular weight excluding hydrogens is 369 g/mol. The van der Waals surface area contributed by atoms with Crippen LogP contribution >= 0.6 is 36.4 Å². The Bertz CT molecular complexity index is 734. The zero-order valence-electron chi connectivity index (χ0n) is 13.7. The van der Waals surface area contributed by atoms with Crippen molar-refractivity contribution in [2.24, 2.45) is 5.73 Å². The molecule has 132 valence electrons. The summed E-state index contributed by atoms with van der Waals surface area (Å²) in [5.74, 6) is 0.457. The predicted molar refractivity (Wildman–Crippen MR) is 104 cm³/mol. The van der Waals surface area contributed by atoms with Crippen molar-refractivity contribution >= 4 is 53.2 Å². The fraction of sp³-hybridized carbons (Fsp3) is 0.412. The molecule has 7 heteroatoms. The lowest BCUT2D eigenvalue weighted by molar-refractivity contribution is 0.0750. The number of rotatable bonds is 4. The highest BCUT2D eigenvalue weighted by atomic mass is 35.5. The highest BCUT2D eigenvalue weighted by Gasteiger charge is 2.28. The summed E-state index contributed by atoms with van der Waals surface area (Å²) in [4.78, 5) is 19.2. The van der Waals surface area contributed by atoms with Crippen molar-refractivity contribution in [2.45, 2.75) is 31.7 Å². The molecule has 3 rings (SSSR count). The van der Waals surface area contributed by atoms with Crippen molar-refractivity contribution < 1.29 is 4.79 Å². The van der Waals surface area contributed by atoms with E-state index in [0.29, 0.717) is 23.0 Å². The molecule has 1 fully saturated rings. The summed E-state index contributed by atoms with van der Waals surface area (Å²) in [5.41, 5.74) is 8.18. The minimum Gasteiger partial charge on any atom is -0.338 e. The van der Waals surface area contributed by atoms with E-state index >= 15 is 0 Å². The third-order valence-electron chi connectivity index (χ3n) is 4.34. The standard InChI is InChI=1S/C17H20ClN3O.2ClH/c1-10(9-19)21(2)17(22)14-8-16(11-3-4-11)20-15-6-5-12(18)7-13(14)15;;/h5-8,10-11H,3-4,9,19H2,1-2H3;2*1H. The van der Waals surface area contributed by atoms with Crippen molar-refractivity contribution in [3.63, 3.8) is 0 Å². The van der Waals surface area contributed by atoms with Crippen LogP contribution in [0.15, 0.2) is 24.3 Å². The van der Waals surface area contributed by atoms with Gasteiger partial charge in [-0.15, -0.1) is 24.8 Å². The Morgan fingerprint density at radius 1 is 1.38 bits per heavy atom. The molecular formula is C17H22Cl3N3O. The zero-order valence-corrected chi connectivity index (χ0v) is 16.0. The van der Waals surface area contributed by atoms with E-state index in [2.05, 4.69) is 0 Å².